The quantitative estimate of drug-likeness (QED) is 0.395. The summed E-state index contributed by atoms with van der Waals surface area (Å²) >= 11 is 5.24. The maximum absolute atomic E-state index is 13.1. The Morgan fingerprint density at radius 2 is 1.80 bits per heavy atom. The summed E-state index contributed by atoms with van der Waals surface area (Å²) < 4.78 is 27.4. The Hall–Kier alpha value is -1.87. The minimum atomic E-state index is -3.69. The lowest BCUT2D eigenvalue weighted by Crippen LogP contribution is -2.40. The third kappa shape index (κ3) is 5.43. The molecular weight excluding hydrogens is 418 g/mol. The molecular formula is C21H33N5O2S2. The highest BCUT2D eigenvalue weighted by Gasteiger charge is 2.38. The van der Waals surface area contributed by atoms with E-state index in [0.29, 0.717) is 30.8 Å². The molecule has 0 aromatic heterocycles. The van der Waals surface area contributed by atoms with E-state index in [9.17, 15) is 8.42 Å². The minimum Gasteiger partial charge on any atom is -0.363 e. The lowest BCUT2D eigenvalue weighted by Gasteiger charge is -2.26. The van der Waals surface area contributed by atoms with Crippen molar-refractivity contribution < 1.29 is 8.42 Å². The maximum atomic E-state index is 13.1. The van der Waals surface area contributed by atoms with E-state index < -0.39 is 10.0 Å². The van der Waals surface area contributed by atoms with Crippen LogP contribution in [0.2, 0.25) is 0 Å². The molecule has 2 fully saturated rings. The molecule has 1 aliphatic carbocycles. The van der Waals surface area contributed by atoms with E-state index in [0.717, 1.165) is 57.1 Å². The molecule has 1 aromatic carbocycles. The minimum absolute atomic E-state index is 0.124. The molecule has 166 valence electrons. The van der Waals surface area contributed by atoms with E-state index in [1.165, 1.54) is 4.31 Å². The topological polar surface area (TPSA) is 88.5 Å². The lowest BCUT2D eigenvalue weighted by atomic mass is 10.1. The van der Waals surface area contributed by atoms with Gasteiger partial charge in [-0.3, -0.25) is 5.41 Å². The summed E-state index contributed by atoms with van der Waals surface area (Å²) in [6.07, 6.45) is 7.40. The number of hydrogen-bond acceptors (Lipinski definition) is 4. The Morgan fingerprint density at radius 3 is 2.47 bits per heavy atom. The van der Waals surface area contributed by atoms with E-state index in [-0.39, 0.29) is 10.9 Å². The van der Waals surface area contributed by atoms with E-state index in [1.54, 1.807) is 12.1 Å². The van der Waals surface area contributed by atoms with E-state index in [1.807, 2.05) is 17.0 Å². The number of rotatable bonds is 9. The second-order valence-electron chi connectivity index (χ2n) is 7.96. The van der Waals surface area contributed by atoms with Crippen LogP contribution in [-0.4, -0.2) is 60.9 Å². The van der Waals surface area contributed by atoms with Gasteiger partial charge in [-0.1, -0.05) is 38.3 Å². The highest BCUT2D eigenvalue weighted by Crippen LogP contribution is 2.28. The van der Waals surface area contributed by atoms with Gasteiger partial charge in [-0.25, -0.2) is 12.7 Å². The number of guanidine groups is 1. The summed E-state index contributed by atoms with van der Waals surface area (Å²) in [5.74, 6) is 0.124. The van der Waals surface area contributed by atoms with Gasteiger partial charge in [0.15, 0.2) is 5.11 Å². The fraction of sp³-hybridized carbons (Fsp3) is 0.619. The molecule has 0 atom stereocenters. The number of nitrogens with zero attached hydrogens (tertiary/aromatic N) is 2. The van der Waals surface area contributed by atoms with Gasteiger partial charge in [-0.15, -0.1) is 0 Å². The summed E-state index contributed by atoms with van der Waals surface area (Å²) in [7, 11) is -3.69. The molecule has 1 saturated heterocycles. The third-order valence-electron chi connectivity index (χ3n) is 5.84. The fourth-order valence-corrected chi connectivity index (χ4v) is 5.67. The van der Waals surface area contributed by atoms with Gasteiger partial charge in [0.05, 0.1) is 11.4 Å². The molecule has 0 bridgehead atoms. The molecule has 1 aromatic rings. The van der Waals surface area contributed by atoms with Gasteiger partial charge in [-0.2, -0.15) is 0 Å². The van der Waals surface area contributed by atoms with Crippen molar-refractivity contribution in [1.29, 1.82) is 5.41 Å². The van der Waals surface area contributed by atoms with Crippen LogP contribution in [0.3, 0.4) is 0 Å². The molecule has 2 aliphatic rings. The van der Waals surface area contributed by atoms with Gasteiger partial charge in [0, 0.05) is 25.7 Å². The van der Waals surface area contributed by atoms with Gasteiger partial charge in [0.1, 0.15) is 0 Å². The summed E-state index contributed by atoms with van der Waals surface area (Å²) in [5, 5.41) is 15.4. The van der Waals surface area contributed by atoms with Crippen LogP contribution in [0.15, 0.2) is 29.2 Å². The summed E-state index contributed by atoms with van der Waals surface area (Å²) in [6, 6.07) is 7.30. The number of unbranched alkanes of at least 4 members (excludes halogenated alkanes) is 1. The van der Waals surface area contributed by atoms with Crippen LogP contribution in [0.5, 0.6) is 0 Å². The largest absolute Gasteiger partial charge is 0.363 e. The average Bonchev–Trinajstić information content (AvgIpc) is 3.38. The van der Waals surface area contributed by atoms with Crippen molar-refractivity contribution in [1.82, 2.24) is 19.8 Å². The highest BCUT2D eigenvalue weighted by atomic mass is 32.2. The summed E-state index contributed by atoms with van der Waals surface area (Å²) in [4.78, 5) is 2.20. The fourth-order valence-electron chi connectivity index (χ4n) is 4.08. The maximum Gasteiger partial charge on any atom is 0.266 e. The third-order valence-corrected chi connectivity index (χ3v) is 7.94. The van der Waals surface area contributed by atoms with Crippen molar-refractivity contribution in [2.24, 2.45) is 0 Å². The molecule has 0 radical (unpaired) electrons. The van der Waals surface area contributed by atoms with Crippen molar-refractivity contribution in [2.45, 2.75) is 62.8 Å². The second kappa shape index (κ2) is 10.4. The van der Waals surface area contributed by atoms with E-state index in [2.05, 4.69) is 17.6 Å². The van der Waals surface area contributed by atoms with Crippen molar-refractivity contribution in [3.63, 3.8) is 0 Å². The zero-order valence-corrected chi connectivity index (χ0v) is 19.3. The first-order valence-electron chi connectivity index (χ1n) is 10.9. The standard InChI is InChI=1S/C21H33N5O2S2/c1-2-3-13-23-21(29)24-14-12-17-8-10-19(11-9-17)30(27,28)26-16-15-25(20(26)22)18-6-4-5-7-18/h8-11,18,22H,2-7,12-16H2,1H3,(H2,23,24,29). The van der Waals surface area contributed by atoms with Crippen LogP contribution < -0.4 is 10.6 Å². The van der Waals surface area contributed by atoms with Crippen molar-refractivity contribution in [2.75, 3.05) is 26.2 Å². The van der Waals surface area contributed by atoms with Gasteiger partial charge in [0.2, 0.25) is 5.96 Å². The Bertz CT molecular complexity index is 835. The summed E-state index contributed by atoms with van der Waals surface area (Å²) in [5.41, 5.74) is 1.04. The Balaban J connectivity index is 1.53. The second-order valence-corrected chi connectivity index (χ2v) is 10.2. The van der Waals surface area contributed by atoms with Crippen LogP contribution >= 0.6 is 12.2 Å². The number of benzene rings is 1. The SMILES string of the molecule is CCCCNC(=S)NCCc1ccc(S(=O)(=O)N2CCN(C3CCCC3)C2=N)cc1. The molecule has 3 N–H and O–H groups in total. The lowest BCUT2D eigenvalue weighted by molar-refractivity contribution is 0.342. The molecule has 0 unspecified atom stereocenters. The molecule has 3 rings (SSSR count). The predicted molar refractivity (Wildman–Crippen MR) is 124 cm³/mol. The average molecular weight is 452 g/mol. The van der Waals surface area contributed by atoms with Crippen molar-refractivity contribution in [3.05, 3.63) is 29.8 Å². The smallest absolute Gasteiger partial charge is 0.266 e. The van der Waals surface area contributed by atoms with Crippen LogP contribution in [0.25, 0.3) is 0 Å². The highest BCUT2D eigenvalue weighted by molar-refractivity contribution is 7.89. The zero-order chi connectivity index (χ0) is 21.6. The van der Waals surface area contributed by atoms with Crippen LogP contribution in [0.1, 0.15) is 51.0 Å². The Labute approximate surface area is 185 Å². The molecule has 9 heteroatoms. The first kappa shape index (κ1) is 22.8. The molecule has 1 aliphatic heterocycles. The van der Waals surface area contributed by atoms with E-state index >= 15 is 0 Å². The molecule has 0 spiro atoms. The van der Waals surface area contributed by atoms with Crippen LogP contribution in [0, 0.1) is 5.41 Å². The number of nitrogens with one attached hydrogen (secondary N) is 3. The Morgan fingerprint density at radius 1 is 1.13 bits per heavy atom. The van der Waals surface area contributed by atoms with Gasteiger partial charge in [0.25, 0.3) is 10.0 Å². The van der Waals surface area contributed by atoms with Crippen molar-refractivity contribution in [3.8, 4) is 0 Å². The number of hydrogen-bond donors (Lipinski definition) is 3. The van der Waals surface area contributed by atoms with Gasteiger partial charge < -0.3 is 15.5 Å². The summed E-state index contributed by atoms with van der Waals surface area (Å²) in [6.45, 7) is 4.67. The zero-order valence-electron chi connectivity index (χ0n) is 17.7. The molecule has 1 heterocycles. The number of sulfonamides is 1. The molecule has 7 nitrogen and oxygen atoms in total. The monoisotopic (exact) mass is 451 g/mol. The van der Waals surface area contributed by atoms with E-state index in [4.69, 9.17) is 17.6 Å². The normalized spacial score (nSPS) is 17.6. The van der Waals surface area contributed by atoms with Crippen LogP contribution in [-0.2, 0) is 16.4 Å². The molecule has 30 heavy (non-hydrogen) atoms. The van der Waals surface area contributed by atoms with Crippen LogP contribution in [0.4, 0.5) is 0 Å². The van der Waals surface area contributed by atoms with Gasteiger partial charge in [-0.05, 0) is 55.6 Å². The number of thiocarbonyl (C=S) groups is 1. The van der Waals surface area contributed by atoms with Gasteiger partial charge >= 0.3 is 0 Å². The Kier molecular flexibility index (Phi) is 7.93. The predicted octanol–water partition coefficient (Wildman–Crippen LogP) is 2.68. The molecule has 0 amide bonds. The first-order valence-corrected chi connectivity index (χ1v) is 12.8. The first-order chi connectivity index (χ1) is 14.4. The molecule has 1 saturated carbocycles. The van der Waals surface area contributed by atoms with Crippen molar-refractivity contribution >= 4 is 33.3 Å².